The number of rotatable bonds is 5. The molecule has 1 amide bonds. The lowest BCUT2D eigenvalue weighted by molar-refractivity contribution is -0.117. The fraction of sp³-hybridized carbons (Fsp3) is 0.286. The highest BCUT2D eigenvalue weighted by molar-refractivity contribution is 14.0. The lowest BCUT2D eigenvalue weighted by Gasteiger charge is -2.16. The molecule has 2 N–H and O–H groups in total. The van der Waals surface area contributed by atoms with Gasteiger partial charge in [0.15, 0.2) is 5.96 Å². The van der Waals surface area contributed by atoms with Crippen molar-refractivity contribution in [1.82, 2.24) is 10.6 Å². The molecule has 146 valence electrons. The van der Waals surface area contributed by atoms with Gasteiger partial charge in [0.05, 0.1) is 11.6 Å². The number of guanidine groups is 1. The largest absolute Gasteiger partial charge is 0.352 e. The van der Waals surface area contributed by atoms with Gasteiger partial charge in [0.1, 0.15) is 0 Å². The van der Waals surface area contributed by atoms with Crippen LogP contribution in [0.1, 0.15) is 29.5 Å². The SMILES string of the molecule is CN=C(NCc1ccc(C#N)cc1)NCc1ccc(N2CCCC2=O)cc1.I. The smallest absolute Gasteiger partial charge is 0.227 e. The Morgan fingerprint density at radius 2 is 1.64 bits per heavy atom. The van der Waals surface area contributed by atoms with Crippen molar-refractivity contribution in [2.45, 2.75) is 25.9 Å². The zero-order valence-electron chi connectivity index (χ0n) is 15.8. The molecule has 0 aromatic heterocycles. The van der Waals surface area contributed by atoms with Crippen LogP contribution in [0.4, 0.5) is 5.69 Å². The van der Waals surface area contributed by atoms with Crippen molar-refractivity contribution in [3.8, 4) is 6.07 Å². The Hall–Kier alpha value is -2.60. The molecular weight excluding hydrogens is 465 g/mol. The second kappa shape index (κ2) is 10.7. The molecule has 1 aliphatic heterocycles. The summed E-state index contributed by atoms with van der Waals surface area (Å²) in [5.74, 6) is 0.909. The molecule has 1 aliphatic rings. The fourth-order valence-corrected chi connectivity index (χ4v) is 3.00. The van der Waals surface area contributed by atoms with Crippen molar-refractivity contribution in [3.63, 3.8) is 0 Å². The van der Waals surface area contributed by atoms with Gasteiger partial charge in [0.25, 0.3) is 0 Å². The van der Waals surface area contributed by atoms with Crippen LogP contribution in [-0.4, -0.2) is 25.5 Å². The summed E-state index contributed by atoms with van der Waals surface area (Å²) in [6.07, 6.45) is 1.58. The number of amides is 1. The number of nitriles is 1. The van der Waals surface area contributed by atoms with E-state index in [2.05, 4.69) is 21.7 Å². The van der Waals surface area contributed by atoms with E-state index in [1.807, 2.05) is 41.3 Å². The van der Waals surface area contributed by atoms with E-state index in [0.29, 0.717) is 31.0 Å². The summed E-state index contributed by atoms with van der Waals surface area (Å²) >= 11 is 0. The van der Waals surface area contributed by atoms with Gasteiger partial charge in [0, 0.05) is 38.8 Å². The number of carbonyl (C=O) groups excluding carboxylic acids is 1. The van der Waals surface area contributed by atoms with Crippen LogP contribution in [0.2, 0.25) is 0 Å². The predicted molar refractivity (Wildman–Crippen MR) is 122 cm³/mol. The minimum absolute atomic E-state index is 0. The predicted octanol–water partition coefficient (Wildman–Crippen LogP) is 3.17. The van der Waals surface area contributed by atoms with E-state index in [-0.39, 0.29) is 29.9 Å². The van der Waals surface area contributed by atoms with E-state index >= 15 is 0 Å². The normalized spacial score (nSPS) is 13.6. The molecule has 0 saturated carbocycles. The van der Waals surface area contributed by atoms with Crippen LogP contribution >= 0.6 is 24.0 Å². The van der Waals surface area contributed by atoms with Gasteiger partial charge in [-0.15, -0.1) is 24.0 Å². The lowest BCUT2D eigenvalue weighted by Crippen LogP contribution is -2.36. The third-order valence-electron chi connectivity index (χ3n) is 4.55. The van der Waals surface area contributed by atoms with E-state index < -0.39 is 0 Å². The van der Waals surface area contributed by atoms with Gasteiger partial charge in [-0.1, -0.05) is 24.3 Å². The van der Waals surface area contributed by atoms with E-state index in [9.17, 15) is 4.79 Å². The van der Waals surface area contributed by atoms with Crippen LogP contribution in [0.15, 0.2) is 53.5 Å². The minimum Gasteiger partial charge on any atom is -0.352 e. The molecule has 0 spiro atoms. The number of carbonyl (C=O) groups is 1. The number of aliphatic imine (C=N–C) groups is 1. The summed E-state index contributed by atoms with van der Waals surface area (Å²) in [4.78, 5) is 17.9. The first kappa shape index (κ1) is 21.7. The van der Waals surface area contributed by atoms with Crippen LogP contribution in [-0.2, 0) is 17.9 Å². The van der Waals surface area contributed by atoms with Crippen molar-refractivity contribution >= 4 is 41.5 Å². The molecular formula is C21H24IN5O. The quantitative estimate of drug-likeness (QED) is 0.384. The Bertz CT molecular complexity index is 856. The number of benzene rings is 2. The minimum atomic E-state index is 0. The summed E-state index contributed by atoms with van der Waals surface area (Å²) in [6, 6.07) is 17.6. The average molecular weight is 489 g/mol. The summed E-state index contributed by atoms with van der Waals surface area (Å²) in [6.45, 7) is 2.07. The Labute approximate surface area is 182 Å². The Morgan fingerprint density at radius 3 is 2.11 bits per heavy atom. The zero-order chi connectivity index (χ0) is 19.1. The number of anilines is 1. The molecule has 0 aliphatic carbocycles. The van der Waals surface area contributed by atoms with E-state index in [1.165, 1.54) is 0 Å². The maximum atomic E-state index is 11.8. The van der Waals surface area contributed by atoms with Crippen molar-refractivity contribution in [1.29, 1.82) is 5.26 Å². The van der Waals surface area contributed by atoms with Gasteiger partial charge in [0.2, 0.25) is 5.91 Å². The Kier molecular flexibility index (Phi) is 8.26. The molecule has 0 unspecified atom stereocenters. The second-order valence-corrected chi connectivity index (χ2v) is 6.40. The zero-order valence-corrected chi connectivity index (χ0v) is 18.1. The first-order chi connectivity index (χ1) is 13.2. The number of halogens is 1. The van der Waals surface area contributed by atoms with Gasteiger partial charge in [-0.3, -0.25) is 9.79 Å². The van der Waals surface area contributed by atoms with Gasteiger partial charge < -0.3 is 15.5 Å². The standard InChI is InChI=1S/C21H23N5O.HI/c1-23-21(24-14-17-6-4-16(13-22)5-7-17)25-15-18-8-10-19(11-9-18)26-12-2-3-20(26)27;/h4-11H,2-3,12,14-15H2,1H3,(H2,23,24,25);1H. The molecule has 28 heavy (non-hydrogen) atoms. The highest BCUT2D eigenvalue weighted by Crippen LogP contribution is 2.21. The highest BCUT2D eigenvalue weighted by Gasteiger charge is 2.21. The monoisotopic (exact) mass is 489 g/mol. The molecule has 2 aromatic rings. The van der Waals surface area contributed by atoms with Crippen LogP contribution in [0.25, 0.3) is 0 Å². The topological polar surface area (TPSA) is 80.5 Å². The summed E-state index contributed by atoms with van der Waals surface area (Å²) in [7, 11) is 1.73. The molecule has 1 heterocycles. The van der Waals surface area contributed by atoms with E-state index in [1.54, 1.807) is 19.2 Å². The molecule has 6 nitrogen and oxygen atoms in total. The maximum Gasteiger partial charge on any atom is 0.227 e. The van der Waals surface area contributed by atoms with Crippen LogP contribution in [0.3, 0.4) is 0 Å². The third kappa shape index (κ3) is 5.70. The molecule has 1 saturated heterocycles. The van der Waals surface area contributed by atoms with E-state index in [4.69, 9.17) is 5.26 Å². The van der Waals surface area contributed by atoms with Gasteiger partial charge in [-0.2, -0.15) is 5.26 Å². The van der Waals surface area contributed by atoms with Crippen LogP contribution in [0.5, 0.6) is 0 Å². The third-order valence-corrected chi connectivity index (χ3v) is 4.55. The first-order valence-corrected chi connectivity index (χ1v) is 9.02. The average Bonchev–Trinajstić information content (AvgIpc) is 3.15. The van der Waals surface area contributed by atoms with Crippen molar-refractivity contribution in [2.75, 3.05) is 18.5 Å². The number of hydrogen-bond acceptors (Lipinski definition) is 3. The molecule has 0 radical (unpaired) electrons. The number of nitrogens with one attached hydrogen (secondary N) is 2. The van der Waals surface area contributed by atoms with Crippen molar-refractivity contribution < 1.29 is 4.79 Å². The van der Waals surface area contributed by atoms with Crippen molar-refractivity contribution in [3.05, 3.63) is 65.2 Å². The molecule has 0 atom stereocenters. The van der Waals surface area contributed by atoms with Crippen molar-refractivity contribution in [2.24, 2.45) is 4.99 Å². The Balaban J connectivity index is 0.00000280. The highest BCUT2D eigenvalue weighted by atomic mass is 127. The van der Waals surface area contributed by atoms with Gasteiger partial charge in [-0.25, -0.2) is 0 Å². The first-order valence-electron chi connectivity index (χ1n) is 9.02. The number of nitrogens with zero attached hydrogens (tertiary/aromatic N) is 3. The summed E-state index contributed by atoms with van der Waals surface area (Å²) < 4.78 is 0. The second-order valence-electron chi connectivity index (χ2n) is 6.40. The Morgan fingerprint density at radius 1 is 1.07 bits per heavy atom. The fourth-order valence-electron chi connectivity index (χ4n) is 3.00. The van der Waals surface area contributed by atoms with Gasteiger partial charge in [-0.05, 0) is 41.8 Å². The number of hydrogen-bond donors (Lipinski definition) is 2. The van der Waals surface area contributed by atoms with Crippen LogP contribution in [0, 0.1) is 11.3 Å². The molecule has 3 rings (SSSR count). The molecule has 7 heteroatoms. The van der Waals surface area contributed by atoms with Crippen LogP contribution < -0.4 is 15.5 Å². The molecule has 2 aromatic carbocycles. The molecule has 0 bridgehead atoms. The lowest BCUT2D eigenvalue weighted by atomic mass is 10.1. The van der Waals surface area contributed by atoms with Gasteiger partial charge >= 0.3 is 0 Å². The molecule has 1 fully saturated rings. The summed E-state index contributed by atoms with van der Waals surface area (Å²) in [5.41, 5.74) is 3.81. The summed E-state index contributed by atoms with van der Waals surface area (Å²) in [5, 5.41) is 15.4. The maximum absolute atomic E-state index is 11.8. The van der Waals surface area contributed by atoms with E-state index in [0.717, 1.165) is 29.8 Å².